The predicted molar refractivity (Wildman–Crippen MR) is 272 cm³/mol. The van der Waals surface area contributed by atoms with Crippen LogP contribution in [0.4, 0.5) is 0 Å². The van der Waals surface area contributed by atoms with Crippen LogP contribution in [0.5, 0.6) is 0 Å². The van der Waals surface area contributed by atoms with Gasteiger partial charge < -0.3 is 4.57 Å². The van der Waals surface area contributed by atoms with Crippen molar-refractivity contribution in [2.24, 2.45) is 0 Å². The highest BCUT2D eigenvalue weighted by molar-refractivity contribution is 7.26. The van der Waals surface area contributed by atoms with E-state index in [0.29, 0.717) is 11.6 Å². The Labute approximate surface area is 387 Å². The van der Waals surface area contributed by atoms with Gasteiger partial charge in [-0.05, 0) is 80.9 Å². The van der Waals surface area contributed by atoms with Gasteiger partial charge in [-0.3, -0.25) is 0 Å². The molecule has 0 unspecified atom stereocenters. The van der Waals surface area contributed by atoms with Gasteiger partial charge in [0.25, 0.3) is 0 Å². The van der Waals surface area contributed by atoms with Crippen molar-refractivity contribution >= 4 is 53.3 Å². The van der Waals surface area contributed by atoms with E-state index in [1.54, 1.807) is 11.3 Å². The van der Waals surface area contributed by atoms with E-state index in [-0.39, 0.29) is 28.9 Å². The fraction of sp³-hybridized carbons (Fsp3) is 0.0500. The molecule has 3 aromatic heterocycles. The minimum absolute atomic E-state index is 0.00254. The number of aromatic nitrogens is 4. The molecule has 0 N–H and O–H groups in total. The first-order chi connectivity index (χ1) is 34.0. The summed E-state index contributed by atoms with van der Waals surface area (Å²) >= 11 is 1.66. The summed E-state index contributed by atoms with van der Waals surface area (Å²) in [6.45, 7) is 4.45. The van der Waals surface area contributed by atoms with E-state index in [0.717, 1.165) is 97.7 Å². The highest BCUT2D eigenvalue weighted by Gasteiger charge is 2.37. The summed E-state index contributed by atoms with van der Waals surface area (Å²) in [5.41, 5.74) is 13.0. The average molecular weight is 854 g/mol. The summed E-state index contributed by atoms with van der Waals surface area (Å²) in [5.74, 6) is 0.662. The molecular weight excluding hydrogens is 809 g/mol. The lowest BCUT2D eigenvalue weighted by Crippen LogP contribution is -2.14. The van der Waals surface area contributed by atoms with Crippen LogP contribution in [0.3, 0.4) is 0 Å². The zero-order valence-electron chi connectivity index (χ0n) is 40.4. The van der Waals surface area contributed by atoms with Crippen LogP contribution in [0.2, 0.25) is 0 Å². The monoisotopic (exact) mass is 853 g/mol. The molecule has 1 aliphatic carbocycles. The molecule has 4 nitrogen and oxygen atoms in total. The van der Waals surface area contributed by atoms with Crippen LogP contribution in [-0.2, 0) is 5.41 Å². The lowest BCUT2D eigenvalue weighted by Gasteiger charge is -2.21. The number of benzene rings is 9. The fourth-order valence-corrected chi connectivity index (χ4v) is 11.3. The van der Waals surface area contributed by atoms with Crippen molar-refractivity contribution in [3.05, 3.63) is 217 Å². The van der Waals surface area contributed by atoms with Crippen LogP contribution in [0.1, 0.15) is 31.8 Å². The third-order valence-electron chi connectivity index (χ3n) is 13.1. The quantitative estimate of drug-likeness (QED) is 0.167. The second-order valence-corrected chi connectivity index (χ2v) is 18.3. The molecule has 0 spiro atoms. The number of thiophene rings is 1. The van der Waals surface area contributed by atoms with Crippen LogP contribution in [0.25, 0.3) is 115 Å². The molecule has 0 atom stereocenters. The van der Waals surface area contributed by atoms with Gasteiger partial charge in [0, 0.05) is 58.7 Å². The molecule has 0 radical (unpaired) electrons. The summed E-state index contributed by atoms with van der Waals surface area (Å²) in [7, 11) is 0. The second kappa shape index (κ2) is 14.5. The maximum atomic E-state index is 9.16. The molecule has 0 saturated heterocycles. The molecule has 3 heterocycles. The van der Waals surface area contributed by atoms with Crippen molar-refractivity contribution in [2.75, 3.05) is 0 Å². The van der Waals surface area contributed by atoms with Gasteiger partial charge >= 0.3 is 0 Å². The first kappa shape index (κ1) is 32.7. The highest BCUT2D eigenvalue weighted by Crippen LogP contribution is 2.52. The molecule has 9 aromatic carbocycles. The maximum absolute atomic E-state index is 9.16. The lowest BCUT2D eigenvalue weighted by atomic mass is 9.82. The first-order valence-corrected chi connectivity index (χ1v) is 22.6. The van der Waals surface area contributed by atoms with E-state index in [9.17, 15) is 0 Å². The molecule has 12 aromatic rings. The zero-order valence-corrected chi connectivity index (χ0v) is 36.3. The van der Waals surface area contributed by atoms with E-state index in [2.05, 4.69) is 170 Å². The third-order valence-corrected chi connectivity index (χ3v) is 14.3. The Morgan fingerprint density at radius 1 is 0.446 bits per heavy atom. The minimum atomic E-state index is -0.481. The zero-order chi connectivity index (χ0) is 47.6. The number of nitrogens with zero attached hydrogens (tertiary/aromatic N) is 4. The van der Waals surface area contributed by atoms with Gasteiger partial charge in [0.1, 0.15) is 0 Å². The van der Waals surface area contributed by atoms with Gasteiger partial charge in [-0.15, -0.1) is 11.3 Å². The molecule has 0 bridgehead atoms. The number of para-hydroxylation sites is 2. The lowest BCUT2D eigenvalue weighted by molar-refractivity contribution is 0.660. The Balaban J connectivity index is 1.12. The van der Waals surface area contributed by atoms with Crippen molar-refractivity contribution in [1.82, 2.24) is 19.5 Å². The van der Waals surface area contributed by atoms with E-state index in [4.69, 9.17) is 21.8 Å². The fourth-order valence-electron chi connectivity index (χ4n) is 10.1. The Bertz CT molecular complexity index is 4090. The molecule has 0 fully saturated rings. The van der Waals surface area contributed by atoms with Gasteiger partial charge in [0.2, 0.25) is 0 Å². The molecule has 1 aliphatic rings. The highest BCUT2D eigenvalue weighted by atomic mass is 32.1. The number of hydrogen-bond acceptors (Lipinski definition) is 4. The SMILES string of the molecule is [2H]c1c([2H])c([2H])c(-c2nc(-c3cccc4c3-c3ccccc3C4(C)C)nc(-c3cc(-n4c5ccccc5c5ccccc54)cc4c3sc3cc(-c5cccc(-c6ccccc6)c5)ccc34)n2)c([2H])c1[2H]. The van der Waals surface area contributed by atoms with Crippen LogP contribution in [-0.4, -0.2) is 19.5 Å². The summed E-state index contributed by atoms with van der Waals surface area (Å²) in [6, 6.07) is 59.4. The standard InChI is InChI=1S/C60H40N4S/c1-60(2)50-27-12-9-25-46(50)55-47(26-16-28-51(55)60)58-61-57(38-19-7-4-8-20-38)62-59(63-58)49-36-42(64-52-29-13-10-23-43(52)44-24-11-14-30-53(44)64)35-48-45-32-31-41(34-54(45)65-56(48)49)40-22-15-21-39(33-40)37-17-5-3-6-18-37/h3-36H,1-2H3/i4D,7D,8D,19D,20D. The van der Waals surface area contributed by atoms with Crippen LogP contribution < -0.4 is 0 Å². The summed E-state index contributed by atoms with van der Waals surface area (Å²) in [6.07, 6.45) is 0. The van der Waals surface area contributed by atoms with Crippen LogP contribution in [0.15, 0.2) is 206 Å². The molecule has 0 amide bonds. The van der Waals surface area contributed by atoms with Gasteiger partial charge in [0.05, 0.1) is 17.9 Å². The van der Waals surface area contributed by atoms with Gasteiger partial charge in [-0.25, -0.2) is 15.0 Å². The van der Waals surface area contributed by atoms with Crippen molar-refractivity contribution < 1.29 is 6.85 Å². The molecular formula is C60H40N4S. The number of rotatable bonds is 6. The van der Waals surface area contributed by atoms with Crippen molar-refractivity contribution in [2.45, 2.75) is 19.3 Å². The smallest absolute Gasteiger partial charge is 0.165 e. The van der Waals surface area contributed by atoms with Gasteiger partial charge in [0.15, 0.2) is 17.5 Å². The van der Waals surface area contributed by atoms with Crippen molar-refractivity contribution in [1.29, 1.82) is 0 Å². The van der Waals surface area contributed by atoms with E-state index in [1.807, 2.05) is 24.3 Å². The third kappa shape index (κ3) is 5.93. The summed E-state index contributed by atoms with van der Waals surface area (Å²) < 4.78 is 48.5. The molecule has 65 heavy (non-hydrogen) atoms. The molecule has 0 aliphatic heterocycles. The molecule has 13 rings (SSSR count). The molecule has 306 valence electrons. The normalized spacial score (nSPS) is 14.0. The van der Waals surface area contributed by atoms with Crippen LogP contribution >= 0.6 is 11.3 Å². The average Bonchev–Trinajstić information content (AvgIpc) is 4.02. The van der Waals surface area contributed by atoms with Gasteiger partial charge in [-0.2, -0.15) is 0 Å². The van der Waals surface area contributed by atoms with Gasteiger partial charge in [-0.1, -0.05) is 184 Å². The topological polar surface area (TPSA) is 43.6 Å². The van der Waals surface area contributed by atoms with Crippen LogP contribution in [0, 0.1) is 0 Å². The number of fused-ring (bicyclic) bond motifs is 9. The van der Waals surface area contributed by atoms with E-state index < -0.39 is 18.1 Å². The summed E-state index contributed by atoms with van der Waals surface area (Å²) in [4.78, 5) is 15.7. The Hall–Kier alpha value is -7.99. The Kier molecular flexibility index (Phi) is 7.30. The second-order valence-electron chi connectivity index (χ2n) is 17.2. The maximum Gasteiger partial charge on any atom is 0.165 e. The largest absolute Gasteiger partial charge is 0.309 e. The van der Waals surface area contributed by atoms with Crippen molar-refractivity contribution in [3.8, 4) is 73.2 Å². The summed E-state index contributed by atoms with van der Waals surface area (Å²) in [5, 5.41) is 4.35. The molecule has 0 saturated carbocycles. The number of hydrogen-bond donors (Lipinski definition) is 0. The van der Waals surface area contributed by atoms with E-state index in [1.165, 1.54) is 5.56 Å². The first-order valence-electron chi connectivity index (χ1n) is 24.3. The Morgan fingerprint density at radius 2 is 1.05 bits per heavy atom. The van der Waals surface area contributed by atoms with Crippen molar-refractivity contribution in [3.63, 3.8) is 0 Å². The Morgan fingerprint density at radius 3 is 1.83 bits per heavy atom. The molecule has 5 heteroatoms. The van der Waals surface area contributed by atoms with E-state index >= 15 is 0 Å². The minimum Gasteiger partial charge on any atom is -0.309 e. The predicted octanol–water partition coefficient (Wildman–Crippen LogP) is 16.0.